The van der Waals surface area contributed by atoms with Gasteiger partial charge in [-0.15, -0.1) is 12.3 Å². The van der Waals surface area contributed by atoms with Crippen molar-refractivity contribution in [1.82, 2.24) is 10.6 Å². The second kappa shape index (κ2) is 7.89. The summed E-state index contributed by atoms with van der Waals surface area (Å²) in [5.74, 6) is 2.42. The highest BCUT2D eigenvalue weighted by Crippen LogP contribution is 1.71. The third-order valence-corrected chi connectivity index (χ3v) is 1.15. The number of carbonyl (C=O) groups excluding carboxylic acids is 1. The Morgan fingerprint density at radius 2 is 2.17 bits per heavy atom. The average molecular weight is 170 g/mol. The lowest BCUT2D eigenvalue weighted by molar-refractivity contribution is 0.196. The topological polar surface area (TPSA) is 50.4 Å². The zero-order chi connectivity index (χ0) is 9.23. The Balaban J connectivity index is 3.17. The number of methoxy groups -OCH3 is 1. The van der Waals surface area contributed by atoms with Gasteiger partial charge in [0, 0.05) is 26.6 Å². The van der Waals surface area contributed by atoms with Crippen LogP contribution in [0.3, 0.4) is 0 Å². The van der Waals surface area contributed by atoms with Crippen molar-refractivity contribution in [2.24, 2.45) is 0 Å². The second-order valence-corrected chi connectivity index (χ2v) is 2.13. The lowest BCUT2D eigenvalue weighted by atomic mass is 10.4. The van der Waals surface area contributed by atoms with E-state index >= 15 is 0 Å². The van der Waals surface area contributed by atoms with Crippen LogP contribution in [0.1, 0.15) is 6.42 Å². The average Bonchev–Trinajstić information content (AvgIpc) is 2.06. The van der Waals surface area contributed by atoms with E-state index in [0.717, 1.165) is 0 Å². The maximum atomic E-state index is 10.8. The number of nitrogens with one attached hydrogen (secondary N) is 2. The number of rotatable bonds is 5. The van der Waals surface area contributed by atoms with Crippen molar-refractivity contribution in [3.05, 3.63) is 0 Å². The maximum Gasteiger partial charge on any atom is 0.314 e. The van der Waals surface area contributed by atoms with Gasteiger partial charge in [0.2, 0.25) is 0 Å². The second-order valence-electron chi connectivity index (χ2n) is 2.13. The number of carbonyl (C=O) groups is 1. The summed E-state index contributed by atoms with van der Waals surface area (Å²) in [7, 11) is 1.58. The van der Waals surface area contributed by atoms with Crippen LogP contribution in [0.2, 0.25) is 0 Å². The molecule has 0 saturated carbocycles. The summed E-state index contributed by atoms with van der Waals surface area (Å²) in [5, 5.41) is 5.19. The Morgan fingerprint density at radius 1 is 1.50 bits per heavy atom. The SMILES string of the molecule is C#CCCNC(=O)NCCOC. The van der Waals surface area contributed by atoms with Gasteiger partial charge < -0.3 is 15.4 Å². The van der Waals surface area contributed by atoms with E-state index in [1.807, 2.05) is 0 Å². The van der Waals surface area contributed by atoms with Crippen LogP contribution in [0.5, 0.6) is 0 Å². The molecule has 0 aromatic rings. The minimum absolute atomic E-state index is 0.206. The number of amides is 2. The van der Waals surface area contributed by atoms with Gasteiger partial charge in [-0.05, 0) is 0 Å². The molecule has 0 aliphatic rings. The number of hydrogen-bond donors (Lipinski definition) is 2. The Morgan fingerprint density at radius 3 is 2.75 bits per heavy atom. The quantitative estimate of drug-likeness (QED) is 0.449. The third kappa shape index (κ3) is 6.90. The molecule has 0 radical (unpaired) electrons. The summed E-state index contributed by atoms with van der Waals surface area (Å²) in [6, 6.07) is -0.206. The molecule has 0 atom stereocenters. The van der Waals surface area contributed by atoms with Crippen LogP contribution in [0.4, 0.5) is 4.79 Å². The molecule has 2 N–H and O–H groups in total. The van der Waals surface area contributed by atoms with Crippen molar-refractivity contribution in [1.29, 1.82) is 0 Å². The van der Waals surface area contributed by atoms with Crippen LogP contribution in [-0.4, -0.2) is 32.8 Å². The first-order valence-corrected chi connectivity index (χ1v) is 3.75. The highest BCUT2D eigenvalue weighted by atomic mass is 16.5. The normalized spacial score (nSPS) is 8.67. The van der Waals surface area contributed by atoms with E-state index in [1.165, 1.54) is 0 Å². The highest BCUT2D eigenvalue weighted by molar-refractivity contribution is 5.73. The molecule has 0 aliphatic heterocycles. The molecule has 4 nitrogen and oxygen atoms in total. The van der Waals surface area contributed by atoms with Crippen molar-refractivity contribution < 1.29 is 9.53 Å². The predicted molar refractivity (Wildman–Crippen MR) is 46.7 cm³/mol. The molecule has 0 bridgehead atoms. The molecule has 0 unspecified atom stereocenters. The number of ether oxygens (including phenoxy) is 1. The van der Waals surface area contributed by atoms with Crippen LogP contribution in [0.25, 0.3) is 0 Å². The Labute approximate surface area is 72.7 Å². The first kappa shape index (κ1) is 10.8. The van der Waals surface area contributed by atoms with E-state index < -0.39 is 0 Å². The summed E-state index contributed by atoms with van der Waals surface area (Å²) < 4.78 is 4.74. The first-order valence-electron chi connectivity index (χ1n) is 3.75. The van der Waals surface area contributed by atoms with Gasteiger partial charge >= 0.3 is 6.03 Å². The van der Waals surface area contributed by atoms with Gasteiger partial charge in [-0.3, -0.25) is 0 Å². The molecule has 2 amide bonds. The molecule has 0 aliphatic carbocycles. The molecule has 0 aromatic carbocycles. The van der Waals surface area contributed by atoms with Gasteiger partial charge in [0.25, 0.3) is 0 Å². The molecule has 0 saturated heterocycles. The van der Waals surface area contributed by atoms with Crippen molar-refractivity contribution in [3.8, 4) is 12.3 Å². The fourth-order valence-corrected chi connectivity index (χ4v) is 0.577. The third-order valence-electron chi connectivity index (χ3n) is 1.15. The van der Waals surface area contributed by atoms with E-state index in [0.29, 0.717) is 26.1 Å². The minimum atomic E-state index is -0.206. The minimum Gasteiger partial charge on any atom is -0.383 e. The largest absolute Gasteiger partial charge is 0.383 e. The molecule has 0 spiro atoms. The first-order chi connectivity index (χ1) is 5.81. The molecular weight excluding hydrogens is 156 g/mol. The van der Waals surface area contributed by atoms with Crippen LogP contribution >= 0.6 is 0 Å². The monoisotopic (exact) mass is 170 g/mol. The summed E-state index contributed by atoms with van der Waals surface area (Å²) >= 11 is 0. The van der Waals surface area contributed by atoms with E-state index in [9.17, 15) is 4.79 Å². The summed E-state index contributed by atoms with van der Waals surface area (Å²) in [6.07, 6.45) is 5.55. The smallest absolute Gasteiger partial charge is 0.314 e. The lowest BCUT2D eigenvalue weighted by Gasteiger charge is -2.04. The molecular formula is C8H14N2O2. The fourth-order valence-electron chi connectivity index (χ4n) is 0.577. The molecule has 0 aromatic heterocycles. The summed E-state index contributed by atoms with van der Waals surface area (Å²) in [6.45, 7) is 1.54. The summed E-state index contributed by atoms with van der Waals surface area (Å²) in [4.78, 5) is 10.8. The van der Waals surface area contributed by atoms with E-state index in [4.69, 9.17) is 11.2 Å². The van der Waals surface area contributed by atoms with Crippen LogP contribution < -0.4 is 10.6 Å². The molecule has 0 rings (SSSR count). The predicted octanol–water partition coefficient (Wildman–Crippen LogP) is -0.0447. The van der Waals surface area contributed by atoms with Crippen LogP contribution in [0.15, 0.2) is 0 Å². The van der Waals surface area contributed by atoms with Gasteiger partial charge in [-0.1, -0.05) is 0 Å². The van der Waals surface area contributed by atoms with Crippen molar-refractivity contribution in [2.45, 2.75) is 6.42 Å². The van der Waals surface area contributed by atoms with Gasteiger partial charge in [-0.25, -0.2) is 4.79 Å². The van der Waals surface area contributed by atoms with Crippen LogP contribution in [-0.2, 0) is 4.74 Å². The summed E-state index contributed by atoms with van der Waals surface area (Å²) in [5.41, 5.74) is 0. The highest BCUT2D eigenvalue weighted by Gasteiger charge is 1.95. The van der Waals surface area contributed by atoms with Crippen molar-refractivity contribution >= 4 is 6.03 Å². The molecule has 0 heterocycles. The fraction of sp³-hybridized carbons (Fsp3) is 0.625. The van der Waals surface area contributed by atoms with Gasteiger partial charge in [-0.2, -0.15) is 0 Å². The molecule has 0 fully saturated rings. The van der Waals surface area contributed by atoms with Crippen LogP contribution in [0, 0.1) is 12.3 Å². The van der Waals surface area contributed by atoms with E-state index in [1.54, 1.807) is 7.11 Å². The Hall–Kier alpha value is -1.21. The van der Waals surface area contributed by atoms with E-state index in [2.05, 4.69) is 16.6 Å². The molecule has 12 heavy (non-hydrogen) atoms. The number of urea groups is 1. The maximum absolute atomic E-state index is 10.8. The number of terminal acetylenes is 1. The Kier molecular flexibility index (Phi) is 7.10. The van der Waals surface area contributed by atoms with Gasteiger partial charge in [0.05, 0.1) is 6.61 Å². The van der Waals surface area contributed by atoms with Gasteiger partial charge in [0.1, 0.15) is 0 Å². The van der Waals surface area contributed by atoms with Gasteiger partial charge in [0.15, 0.2) is 0 Å². The standard InChI is InChI=1S/C8H14N2O2/c1-3-4-5-9-8(11)10-6-7-12-2/h1H,4-7H2,2H3,(H2,9,10,11). The van der Waals surface area contributed by atoms with Crippen molar-refractivity contribution in [2.75, 3.05) is 26.8 Å². The molecule has 68 valence electrons. The van der Waals surface area contributed by atoms with Crippen molar-refractivity contribution in [3.63, 3.8) is 0 Å². The zero-order valence-corrected chi connectivity index (χ0v) is 7.22. The lowest BCUT2D eigenvalue weighted by Crippen LogP contribution is -2.37. The molecule has 4 heteroatoms. The zero-order valence-electron chi connectivity index (χ0n) is 7.22. The number of hydrogen-bond acceptors (Lipinski definition) is 2. The van der Waals surface area contributed by atoms with E-state index in [-0.39, 0.29) is 6.03 Å². The Bertz CT molecular complexity index is 163.